The third-order valence-corrected chi connectivity index (χ3v) is 4.39. The van der Waals surface area contributed by atoms with Crippen molar-refractivity contribution in [1.29, 1.82) is 0 Å². The van der Waals surface area contributed by atoms with E-state index in [-0.39, 0.29) is 11.3 Å². The maximum atomic E-state index is 13.0. The van der Waals surface area contributed by atoms with Crippen molar-refractivity contribution in [2.45, 2.75) is 59.7 Å². The van der Waals surface area contributed by atoms with Crippen molar-refractivity contribution in [2.24, 2.45) is 0 Å². The van der Waals surface area contributed by atoms with Crippen LogP contribution in [0.4, 0.5) is 0 Å². The molecule has 0 atom stereocenters. The molecular weight excluding hydrogens is 319 g/mol. The fourth-order valence-corrected chi connectivity index (χ4v) is 3.68. The third kappa shape index (κ3) is 6.34. The van der Waals surface area contributed by atoms with Crippen molar-refractivity contribution in [3.8, 4) is 5.75 Å². The zero-order valence-electron chi connectivity index (χ0n) is 14.7. The van der Waals surface area contributed by atoms with Crippen LogP contribution in [0.5, 0.6) is 5.75 Å². The average molecular weight is 344 g/mol. The molecule has 1 aromatic carbocycles. The van der Waals surface area contributed by atoms with E-state index in [0.717, 1.165) is 0 Å². The van der Waals surface area contributed by atoms with E-state index in [1.165, 1.54) is 6.07 Å². The Hall–Kier alpha value is -1.36. The van der Waals surface area contributed by atoms with Gasteiger partial charge in [0.2, 0.25) is 0 Å². The molecular formula is C16H25O6P. The summed E-state index contributed by atoms with van der Waals surface area (Å²) < 4.78 is 29.5. The van der Waals surface area contributed by atoms with Gasteiger partial charge in [0.25, 0.3) is 0 Å². The molecule has 0 spiro atoms. The highest BCUT2D eigenvalue weighted by molar-refractivity contribution is 7.49. The quantitative estimate of drug-likeness (QED) is 0.772. The first-order chi connectivity index (χ1) is 10.2. The summed E-state index contributed by atoms with van der Waals surface area (Å²) in [4.78, 5) is 11.4. The highest BCUT2D eigenvalue weighted by atomic mass is 31.2. The Kier molecular flexibility index (Phi) is 5.68. The first-order valence-corrected chi connectivity index (χ1v) is 8.73. The van der Waals surface area contributed by atoms with Crippen LogP contribution in [0.15, 0.2) is 18.2 Å². The average Bonchev–Trinajstić information content (AvgIpc) is 2.21. The standard InChI is InChI=1S/C16H25O6P/c1-11-9-8-10-12(13(11)14(17)18)20-23(19,21-15(2,3)4)22-16(5,6)7/h8-10H,1-7H3,(H,17,18). The minimum absolute atomic E-state index is 0.0469. The number of benzene rings is 1. The number of rotatable bonds is 5. The van der Waals surface area contributed by atoms with E-state index in [4.69, 9.17) is 13.6 Å². The Balaban J connectivity index is 3.29. The zero-order chi connectivity index (χ0) is 18.1. The van der Waals surface area contributed by atoms with E-state index in [1.807, 2.05) is 0 Å². The van der Waals surface area contributed by atoms with E-state index in [9.17, 15) is 14.5 Å². The minimum atomic E-state index is -4.03. The summed E-state index contributed by atoms with van der Waals surface area (Å²) in [6.07, 6.45) is 0. The molecule has 0 saturated heterocycles. The summed E-state index contributed by atoms with van der Waals surface area (Å²) in [7, 11) is -4.03. The van der Waals surface area contributed by atoms with Crippen molar-refractivity contribution >= 4 is 13.8 Å². The second kappa shape index (κ2) is 6.63. The highest BCUT2D eigenvalue weighted by Gasteiger charge is 2.39. The van der Waals surface area contributed by atoms with Gasteiger partial charge in [0.05, 0.1) is 11.2 Å². The topological polar surface area (TPSA) is 82.1 Å². The van der Waals surface area contributed by atoms with Crippen LogP contribution >= 0.6 is 7.82 Å². The summed E-state index contributed by atoms with van der Waals surface area (Å²) in [5.74, 6) is -1.22. The molecule has 1 rings (SSSR count). The third-order valence-electron chi connectivity index (χ3n) is 2.43. The predicted octanol–water partition coefficient (Wildman–Crippen LogP) is 4.81. The SMILES string of the molecule is Cc1cccc(OP(=O)(OC(C)(C)C)OC(C)(C)C)c1C(=O)O. The number of phosphoric acid groups is 1. The van der Waals surface area contributed by atoms with E-state index >= 15 is 0 Å². The van der Waals surface area contributed by atoms with E-state index < -0.39 is 25.0 Å². The van der Waals surface area contributed by atoms with E-state index in [0.29, 0.717) is 5.56 Å². The van der Waals surface area contributed by atoms with Crippen LogP contribution in [0.3, 0.4) is 0 Å². The molecule has 0 saturated carbocycles. The Morgan fingerprint density at radius 3 is 1.91 bits per heavy atom. The number of aromatic carboxylic acids is 1. The number of hydrogen-bond acceptors (Lipinski definition) is 5. The number of phosphoric ester groups is 1. The molecule has 6 nitrogen and oxygen atoms in total. The number of hydrogen-bond donors (Lipinski definition) is 1. The normalized spacial score (nSPS) is 13.0. The van der Waals surface area contributed by atoms with Crippen molar-refractivity contribution in [1.82, 2.24) is 0 Å². The van der Waals surface area contributed by atoms with Gasteiger partial charge in [-0.25, -0.2) is 9.36 Å². The second-order valence-electron chi connectivity index (χ2n) is 7.20. The number of carbonyl (C=O) groups is 1. The summed E-state index contributed by atoms with van der Waals surface area (Å²) in [5, 5.41) is 9.36. The molecule has 0 unspecified atom stereocenters. The lowest BCUT2D eigenvalue weighted by Crippen LogP contribution is -2.26. The van der Waals surface area contributed by atoms with Gasteiger partial charge in [-0.2, -0.15) is 0 Å². The highest BCUT2D eigenvalue weighted by Crippen LogP contribution is 2.55. The fourth-order valence-electron chi connectivity index (χ4n) is 1.84. The smallest absolute Gasteiger partial charge is 0.478 e. The molecule has 1 aromatic rings. The molecule has 0 bridgehead atoms. The maximum Gasteiger partial charge on any atom is 0.531 e. The van der Waals surface area contributed by atoms with E-state index in [2.05, 4.69) is 0 Å². The van der Waals surface area contributed by atoms with E-state index in [1.54, 1.807) is 60.6 Å². The van der Waals surface area contributed by atoms with Gasteiger partial charge >= 0.3 is 13.8 Å². The molecule has 0 aliphatic carbocycles. The summed E-state index contributed by atoms with van der Waals surface area (Å²) in [6.45, 7) is 11.9. The molecule has 7 heteroatoms. The van der Waals surface area contributed by atoms with Crippen molar-refractivity contribution < 1.29 is 28.0 Å². The Morgan fingerprint density at radius 2 is 1.52 bits per heavy atom. The number of carboxylic acids is 1. The minimum Gasteiger partial charge on any atom is -0.478 e. The molecule has 1 N–H and O–H groups in total. The van der Waals surface area contributed by atoms with Crippen LogP contribution in [0.2, 0.25) is 0 Å². The lowest BCUT2D eigenvalue weighted by molar-refractivity contribution is 0.0223. The van der Waals surface area contributed by atoms with Crippen LogP contribution < -0.4 is 4.52 Å². The molecule has 0 amide bonds. The van der Waals surface area contributed by atoms with Crippen LogP contribution in [0.1, 0.15) is 57.5 Å². The first-order valence-electron chi connectivity index (χ1n) is 7.26. The number of aryl methyl sites for hydroxylation is 1. The van der Waals surface area contributed by atoms with Crippen LogP contribution in [0, 0.1) is 6.92 Å². The predicted molar refractivity (Wildman–Crippen MR) is 88.0 cm³/mol. The lowest BCUT2D eigenvalue weighted by atomic mass is 10.1. The summed E-state index contributed by atoms with van der Waals surface area (Å²) >= 11 is 0. The van der Waals surface area contributed by atoms with Crippen LogP contribution in [0.25, 0.3) is 0 Å². The molecule has 0 heterocycles. The van der Waals surface area contributed by atoms with Gasteiger partial charge in [-0.05, 0) is 60.1 Å². The van der Waals surface area contributed by atoms with Crippen LogP contribution in [-0.2, 0) is 13.6 Å². The molecule has 0 radical (unpaired) electrons. The van der Waals surface area contributed by atoms with Gasteiger partial charge in [0.1, 0.15) is 11.3 Å². The zero-order valence-corrected chi connectivity index (χ0v) is 15.6. The molecule has 0 fully saturated rings. The Morgan fingerprint density at radius 1 is 1.04 bits per heavy atom. The fraction of sp³-hybridized carbons (Fsp3) is 0.562. The van der Waals surface area contributed by atoms with Crippen molar-refractivity contribution in [3.63, 3.8) is 0 Å². The van der Waals surface area contributed by atoms with Gasteiger partial charge in [-0.1, -0.05) is 12.1 Å². The Labute approximate surface area is 137 Å². The summed E-state index contributed by atoms with van der Waals surface area (Å²) in [5.41, 5.74) is -1.17. The van der Waals surface area contributed by atoms with Gasteiger partial charge in [0, 0.05) is 0 Å². The van der Waals surface area contributed by atoms with Crippen molar-refractivity contribution in [2.75, 3.05) is 0 Å². The Bertz CT molecular complexity index is 604. The van der Waals surface area contributed by atoms with Gasteiger partial charge in [0.15, 0.2) is 0 Å². The summed E-state index contributed by atoms with van der Waals surface area (Å²) in [6, 6.07) is 4.69. The van der Waals surface area contributed by atoms with Gasteiger partial charge in [-0.15, -0.1) is 0 Å². The molecule has 0 aromatic heterocycles. The molecule has 23 heavy (non-hydrogen) atoms. The first kappa shape index (κ1) is 19.7. The maximum absolute atomic E-state index is 13.0. The largest absolute Gasteiger partial charge is 0.531 e. The lowest BCUT2D eigenvalue weighted by Gasteiger charge is -2.31. The molecule has 0 aliphatic heterocycles. The molecule has 0 aliphatic rings. The molecule has 130 valence electrons. The van der Waals surface area contributed by atoms with Crippen LogP contribution in [-0.4, -0.2) is 22.3 Å². The second-order valence-corrected chi connectivity index (χ2v) is 8.64. The number of carboxylic acid groups (broad SMARTS) is 1. The van der Waals surface area contributed by atoms with Crippen molar-refractivity contribution in [3.05, 3.63) is 29.3 Å². The monoisotopic (exact) mass is 344 g/mol. The van der Waals surface area contributed by atoms with Gasteiger partial charge in [-0.3, -0.25) is 9.05 Å². The van der Waals surface area contributed by atoms with Gasteiger partial charge < -0.3 is 9.63 Å².